The molecular formula is C33H26ClIN2O6. The number of methoxy groups -OCH3 is 1. The van der Waals surface area contributed by atoms with Crippen molar-refractivity contribution in [2.45, 2.75) is 20.1 Å². The normalized spacial score (nSPS) is 14.1. The van der Waals surface area contributed by atoms with Crippen molar-refractivity contribution in [3.05, 3.63) is 121 Å². The van der Waals surface area contributed by atoms with E-state index >= 15 is 0 Å². The third kappa shape index (κ3) is 7.18. The number of anilines is 1. The minimum atomic E-state index is -0.836. The number of amides is 4. The smallest absolute Gasteiger partial charge is 0.335 e. The zero-order valence-corrected chi connectivity index (χ0v) is 26.1. The van der Waals surface area contributed by atoms with Crippen LogP contribution in [0.5, 0.6) is 17.2 Å². The molecule has 1 heterocycles. The van der Waals surface area contributed by atoms with Crippen LogP contribution < -0.4 is 24.4 Å². The quantitative estimate of drug-likeness (QED) is 0.113. The first-order chi connectivity index (χ1) is 20.7. The third-order valence-corrected chi connectivity index (χ3v) is 7.59. The highest BCUT2D eigenvalue weighted by molar-refractivity contribution is 14.1. The molecule has 0 aromatic heterocycles. The van der Waals surface area contributed by atoms with E-state index in [9.17, 15) is 14.4 Å². The summed E-state index contributed by atoms with van der Waals surface area (Å²) in [4.78, 5) is 39.8. The molecule has 8 nitrogen and oxygen atoms in total. The summed E-state index contributed by atoms with van der Waals surface area (Å²) < 4.78 is 18.1. The topological polar surface area (TPSA) is 94.2 Å². The van der Waals surface area contributed by atoms with Crippen LogP contribution in [0.25, 0.3) is 6.08 Å². The number of urea groups is 1. The van der Waals surface area contributed by atoms with Gasteiger partial charge in [0.25, 0.3) is 11.8 Å². The molecule has 0 bridgehead atoms. The second-order valence-electron chi connectivity index (χ2n) is 9.68. The van der Waals surface area contributed by atoms with Crippen molar-refractivity contribution in [2.75, 3.05) is 12.0 Å². The lowest BCUT2D eigenvalue weighted by molar-refractivity contribution is -0.122. The average Bonchev–Trinajstić information content (AvgIpc) is 2.99. The highest BCUT2D eigenvalue weighted by Crippen LogP contribution is 2.36. The summed E-state index contributed by atoms with van der Waals surface area (Å²) in [7, 11) is 1.50. The van der Waals surface area contributed by atoms with Crippen LogP contribution >= 0.6 is 34.2 Å². The van der Waals surface area contributed by atoms with Gasteiger partial charge in [-0.15, -0.1) is 0 Å². The summed E-state index contributed by atoms with van der Waals surface area (Å²) in [6, 6.07) is 24.4. The third-order valence-electron chi connectivity index (χ3n) is 6.56. The van der Waals surface area contributed by atoms with E-state index in [2.05, 4.69) is 27.9 Å². The van der Waals surface area contributed by atoms with Crippen LogP contribution in [0.1, 0.15) is 22.3 Å². The Balaban J connectivity index is 1.34. The molecule has 10 heteroatoms. The molecule has 1 aliphatic rings. The predicted octanol–water partition coefficient (Wildman–Crippen LogP) is 7.09. The van der Waals surface area contributed by atoms with E-state index in [1.165, 1.54) is 13.2 Å². The Labute approximate surface area is 267 Å². The fraction of sp³-hybridized carbons (Fsp3) is 0.121. The molecule has 1 saturated heterocycles. The van der Waals surface area contributed by atoms with E-state index in [-0.39, 0.29) is 12.2 Å². The molecule has 0 aliphatic carbocycles. The number of aryl methyl sites for hydroxylation is 1. The van der Waals surface area contributed by atoms with Crippen LogP contribution in [0.3, 0.4) is 0 Å². The SMILES string of the molecule is COc1cc(/C=C2\C(=O)NC(=O)N(c3ccc(OCc4ccc(C)cc4)cc3)C2=O)cc(I)c1OCc1cccc(Cl)c1. The predicted molar refractivity (Wildman–Crippen MR) is 172 cm³/mol. The molecule has 4 aromatic rings. The first-order valence-electron chi connectivity index (χ1n) is 13.2. The van der Waals surface area contributed by atoms with Crippen LogP contribution in [0.15, 0.2) is 90.5 Å². The summed E-state index contributed by atoms with van der Waals surface area (Å²) in [5, 5.41) is 2.86. The van der Waals surface area contributed by atoms with Crippen LogP contribution in [0, 0.1) is 10.5 Å². The van der Waals surface area contributed by atoms with Gasteiger partial charge in [0.1, 0.15) is 24.5 Å². The molecule has 4 amide bonds. The summed E-state index contributed by atoms with van der Waals surface area (Å²) >= 11 is 8.18. The van der Waals surface area contributed by atoms with Gasteiger partial charge < -0.3 is 14.2 Å². The highest BCUT2D eigenvalue weighted by atomic mass is 127. The second-order valence-corrected chi connectivity index (χ2v) is 11.3. The Morgan fingerprint density at radius 2 is 1.60 bits per heavy atom. The average molecular weight is 709 g/mol. The van der Waals surface area contributed by atoms with Crippen molar-refractivity contribution in [3.8, 4) is 17.2 Å². The number of halogens is 2. The van der Waals surface area contributed by atoms with Gasteiger partial charge in [-0.2, -0.15) is 0 Å². The maximum absolute atomic E-state index is 13.4. The molecule has 0 spiro atoms. The van der Waals surface area contributed by atoms with Gasteiger partial charge in [-0.25, -0.2) is 9.69 Å². The number of rotatable bonds is 9. The maximum Gasteiger partial charge on any atom is 0.335 e. The second kappa shape index (κ2) is 13.3. The van der Waals surface area contributed by atoms with Gasteiger partial charge in [0.2, 0.25) is 0 Å². The molecule has 4 aromatic carbocycles. The van der Waals surface area contributed by atoms with Gasteiger partial charge in [0.15, 0.2) is 11.5 Å². The molecule has 1 aliphatic heterocycles. The number of hydrogen-bond acceptors (Lipinski definition) is 6. The van der Waals surface area contributed by atoms with Gasteiger partial charge in [-0.1, -0.05) is 53.6 Å². The monoisotopic (exact) mass is 708 g/mol. The Kier molecular flexibility index (Phi) is 9.32. The van der Waals surface area contributed by atoms with Crippen LogP contribution in [-0.2, 0) is 22.8 Å². The van der Waals surface area contributed by atoms with E-state index in [0.717, 1.165) is 21.6 Å². The van der Waals surface area contributed by atoms with Gasteiger partial charge in [-0.3, -0.25) is 14.9 Å². The van der Waals surface area contributed by atoms with Crippen LogP contribution in [0.2, 0.25) is 5.02 Å². The Morgan fingerprint density at radius 1 is 0.884 bits per heavy atom. The molecule has 0 radical (unpaired) electrons. The van der Waals surface area contributed by atoms with Gasteiger partial charge in [0, 0.05) is 5.02 Å². The number of carbonyl (C=O) groups excluding carboxylic acids is 3. The minimum absolute atomic E-state index is 0.204. The lowest BCUT2D eigenvalue weighted by Crippen LogP contribution is -2.54. The molecule has 0 atom stereocenters. The maximum atomic E-state index is 13.4. The lowest BCUT2D eigenvalue weighted by Gasteiger charge is -2.26. The summed E-state index contributed by atoms with van der Waals surface area (Å²) in [6.07, 6.45) is 1.42. The number of benzene rings is 4. The zero-order valence-electron chi connectivity index (χ0n) is 23.2. The van der Waals surface area contributed by atoms with Gasteiger partial charge >= 0.3 is 6.03 Å². The standard InChI is InChI=1S/C33H26ClIN2O6/c1-20-6-8-21(9-7-20)18-42-26-12-10-25(11-13-26)37-32(39)27(31(38)36-33(37)40)15-23-16-28(35)30(29(17-23)41-2)43-19-22-4-3-5-24(34)14-22/h3-17H,18-19H2,1-2H3,(H,36,38,40)/b27-15+. The number of carbonyl (C=O) groups is 3. The van der Waals surface area contributed by atoms with Crippen molar-refractivity contribution >= 4 is 63.8 Å². The minimum Gasteiger partial charge on any atom is -0.493 e. The summed E-state index contributed by atoms with van der Waals surface area (Å²) in [5.74, 6) is -0.0537. The van der Waals surface area contributed by atoms with E-state index in [1.54, 1.807) is 42.5 Å². The fourth-order valence-corrected chi connectivity index (χ4v) is 5.34. The molecular weight excluding hydrogens is 683 g/mol. The van der Waals surface area contributed by atoms with Crippen LogP contribution in [-0.4, -0.2) is 25.0 Å². The molecule has 0 saturated carbocycles. The number of hydrogen-bond donors (Lipinski definition) is 1. The first-order valence-corrected chi connectivity index (χ1v) is 14.6. The molecule has 0 unspecified atom stereocenters. The highest BCUT2D eigenvalue weighted by Gasteiger charge is 2.37. The van der Waals surface area contributed by atoms with Gasteiger partial charge in [0.05, 0.1) is 16.4 Å². The van der Waals surface area contributed by atoms with Crippen molar-refractivity contribution < 1.29 is 28.6 Å². The van der Waals surface area contributed by atoms with Crippen molar-refractivity contribution in [1.82, 2.24) is 5.32 Å². The Bertz CT molecular complexity index is 1720. The molecule has 218 valence electrons. The van der Waals surface area contributed by atoms with Crippen LogP contribution in [0.4, 0.5) is 10.5 Å². The van der Waals surface area contributed by atoms with E-state index in [0.29, 0.717) is 43.7 Å². The van der Waals surface area contributed by atoms with Crippen molar-refractivity contribution in [2.24, 2.45) is 0 Å². The van der Waals surface area contributed by atoms with Crippen molar-refractivity contribution in [1.29, 1.82) is 0 Å². The van der Waals surface area contributed by atoms with E-state index in [4.69, 9.17) is 25.8 Å². The number of imide groups is 2. The largest absolute Gasteiger partial charge is 0.493 e. The number of nitrogens with zero attached hydrogens (tertiary/aromatic N) is 1. The van der Waals surface area contributed by atoms with Gasteiger partial charge in [-0.05, 0) is 101 Å². The Hall–Kier alpha value is -4.35. The summed E-state index contributed by atoms with van der Waals surface area (Å²) in [5.41, 5.74) is 3.67. The molecule has 5 rings (SSSR count). The fourth-order valence-electron chi connectivity index (χ4n) is 4.35. The number of ether oxygens (including phenoxy) is 3. The number of barbiturate groups is 1. The summed E-state index contributed by atoms with van der Waals surface area (Å²) in [6.45, 7) is 2.65. The van der Waals surface area contributed by atoms with E-state index < -0.39 is 17.8 Å². The lowest BCUT2D eigenvalue weighted by atomic mass is 10.1. The molecule has 43 heavy (non-hydrogen) atoms. The number of nitrogens with one attached hydrogen (secondary N) is 1. The zero-order chi connectivity index (χ0) is 30.5. The molecule has 1 fully saturated rings. The van der Waals surface area contributed by atoms with Crippen molar-refractivity contribution in [3.63, 3.8) is 0 Å². The van der Waals surface area contributed by atoms with E-state index in [1.807, 2.05) is 49.4 Å². The first kappa shape index (κ1) is 30.1. The Morgan fingerprint density at radius 3 is 2.30 bits per heavy atom. The molecule has 1 N–H and O–H groups in total.